The number of aromatic amines is 1. The summed E-state index contributed by atoms with van der Waals surface area (Å²) in [7, 11) is 0. The average molecular weight is 199 g/mol. The number of nitrogens with one attached hydrogen (secondary N) is 1. The molecule has 76 valence electrons. The zero-order chi connectivity index (χ0) is 10.7. The lowest BCUT2D eigenvalue weighted by molar-refractivity contribution is 1.39. The molecular formula is C12H13N3. The third-order valence-electron chi connectivity index (χ3n) is 2.11. The van der Waals surface area contributed by atoms with E-state index < -0.39 is 0 Å². The molecule has 3 aromatic heterocycles. The molecule has 0 amide bonds. The van der Waals surface area contributed by atoms with E-state index in [1.54, 1.807) is 12.4 Å². The van der Waals surface area contributed by atoms with Crippen LogP contribution in [0.2, 0.25) is 0 Å². The molecule has 0 saturated carbocycles. The van der Waals surface area contributed by atoms with Crippen LogP contribution in [0.5, 0.6) is 0 Å². The van der Waals surface area contributed by atoms with Gasteiger partial charge in [0.1, 0.15) is 11.0 Å². The lowest BCUT2D eigenvalue weighted by Gasteiger charge is -1.86. The molecule has 0 atom stereocenters. The van der Waals surface area contributed by atoms with Crippen LogP contribution in [0.1, 0.15) is 13.8 Å². The van der Waals surface area contributed by atoms with E-state index in [9.17, 15) is 0 Å². The quantitative estimate of drug-likeness (QED) is 0.604. The van der Waals surface area contributed by atoms with Crippen LogP contribution in [0, 0.1) is 0 Å². The molecule has 1 N–H and O–H groups in total. The molecule has 3 aromatic rings. The minimum Gasteiger partial charge on any atom is -0.352 e. The zero-order valence-electron chi connectivity index (χ0n) is 8.86. The van der Waals surface area contributed by atoms with Crippen molar-refractivity contribution in [1.82, 2.24) is 15.0 Å². The van der Waals surface area contributed by atoms with Gasteiger partial charge in [0.05, 0.1) is 11.0 Å². The van der Waals surface area contributed by atoms with Crippen molar-refractivity contribution in [3.63, 3.8) is 0 Å². The number of aromatic nitrogens is 3. The monoisotopic (exact) mass is 199 g/mol. The van der Waals surface area contributed by atoms with Crippen LogP contribution in [-0.2, 0) is 0 Å². The second kappa shape index (κ2) is 4.09. The van der Waals surface area contributed by atoms with Crippen molar-refractivity contribution >= 4 is 22.1 Å². The first-order chi connectivity index (χ1) is 7.45. The fraction of sp³-hybridized carbons (Fsp3) is 0.167. The molecule has 3 heteroatoms. The molecule has 0 spiro atoms. The van der Waals surface area contributed by atoms with E-state index in [1.165, 1.54) is 0 Å². The molecule has 0 aliphatic rings. The number of hydrogen-bond acceptors (Lipinski definition) is 2. The highest BCUT2D eigenvalue weighted by Gasteiger charge is 2.03. The second-order valence-electron chi connectivity index (χ2n) is 2.92. The first-order valence-electron chi connectivity index (χ1n) is 5.12. The summed E-state index contributed by atoms with van der Waals surface area (Å²) in [6.45, 7) is 4.00. The lowest BCUT2D eigenvalue weighted by atomic mass is 10.3. The Bertz CT molecular complexity index is 519. The molecule has 0 radical (unpaired) electrons. The number of fused-ring (bicyclic) bond motifs is 3. The maximum atomic E-state index is 4.28. The first-order valence-corrected chi connectivity index (χ1v) is 5.12. The van der Waals surface area contributed by atoms with Crippen molar-refractivity contribution < 1.29 is 0 Å². The molecule has 3 heterocycles. The summed E-state index contributed by atoms with van der Waals surface area (Å²) >= 11 is 0. The maximum Gasteiger partial charge on any atom is 0.114 e. The molecule has 3 rings (SSSR count). The molecule has 0 unspecified atom stereocenters. The Kier molecular flexibility index (Phi) is 2.63. The van der Waals surface area contributed by atoms with Gasteiger partial charge in [0.15, 0.2) is 0 Å². The molecule has 0 fully saturated rings. The molecule has 15 heavy (non-hydrogen) atoms. The normalized spacial score (nSPS) is 10.0. The van der Waals surface area contributed by atoms with Crippen molar-refractivity contribution in [3.05, 3.63) is 36.7 Å². The van der Waals surface area contributed by atoms with Crippen LogP contribution in [0.4, 0.5) is 0 Å². The van der Waals surface area contributed by atoms with E-state index in [2.05, 4.69) is 15.0 Å². The van der Waals surface area contributed by atoms with E-state index in [0.717, 1.165) is 22.1 Å². The van der Waals surface area contributed by atoms with Gasteiger partial charge < -0.3 is 4.98 Å². The summed E-state index contributed by atoms with van der Waals surface area (Å²) in [5, 5.41) is 0. The first kappa shape index (κ1) is 9.65. The Morgan fingerprint density at radius 3 is 1.80 bits per heavy atom. The van der Waals surface area contributed by atoms with Gasteiger partial charge in [-0.2, -0.15) is 0 Å². The molecule has 3 nitrogen and oxygen atoms in total. The second-order valence-corrected chi connectivity index (χ2v) is 2.92. The SMILES string of the molecule is CC.c1cnc2c(c1)[nH]c1cccnc12. The summed E-state index contributed by atoms with van der Waals surface area (Å²) in [5.74, 6) is 0. The van der Waals surface area contributed by atoms with E-state index in [4.69, 9.17) is 0 Å². The van der Waals surface area contributed by atoms with E-state index >= 15 is 0 Å². The standard InChI is InChI=1S/C10H7N3.C2H6/c1-3-7-9(11-5-1)10-8(13-7)4-2-6-12-10;1-2/h1-6,13H;1-2H3. The Labute approximate surface area is 88.2 Å². The highest BCUT2D eigenvalue weighted by Crippen LogP contribution is 2.19. The molecule has 0 aliphatic heterocycles. The number of hydrogen-bond donors (Lipinski definition) is 1. The van der Waals surface area contributed by atoms with E-state index in [0.29, 0.717) is 0 Å². The average Bonchev–Trinajstić information content (AvgIpc) is 2.70. The third-order valence-corrected chi connectivity index (χ3v) is 2.11. The Morgan fingerprint density at radius 1 is 0.867 bits per heavy atom. The number of H-pyrrole nitrogens is 1. The van der Waals surface area contributed by atoms with Crippen molar-refractivity contribution in [1.29, 1.82) is 0 Å². The number of pyridine rings is 2. The van der Waals surface area contributed by atoms with Gasteiger partial charge >= 0.3 is 0 Å². The number of nitrogens with zero attached hydrogens (tertiary/aromatic N) is 2. The molecule has 0 aliphatic carbocycles. The van der Waals surface area contributed by atoms with Crippen LogP contribution in [0.3, 0.4) is 0 Å². The number of rotatable bonds is 0. The molecule has 0 saturated heterocycles. The largest absolute Gasteiger partial charge is 0.352 e. The van der Waals surface area contributed by atoms with Gasteiger partial charge in [0.2, 0.25) is 0 Å². The van der Waals surface area contributed by atoms with E-state index in [1.807, 2.05) is 38.1 Å². The van der Waals surface area contributed by atoms with Crippen molar-refractivity contribution in [2.24, 2.45) is 0 Å². The van der Waals surface area contributed by atoms with Crippen molar-refractivity contribution in [3.8, 4) is 0 Å². The Hall–Kier alpha value is -1.90. The van der Waals surface area contributed by atoms with Gasteiger partial charge in [-0.25, -0.2) is 0 Å². The summed E-state index contributed by atoms with van der Waals surface area (Å²) in [4.78, 5) is 11.8. The van der Waals surface area contributed by atoms with E-state index in [-0.39, 0.29) is 0 Å². The van der Waals surface area contributed by atoms with Crippen LogP contribution in [0.15, 0.2) is 36.7 Å². The smallest absolute Gasteiger partial charge is 0.114 e. The minimum absolute atomic E-state index is 0.943. The highest BCUT2D eigenvalue weighted by molar-refractivity contribution is 6.01. The van der Waals surface area contributed by atoms with Gasteiger partial charge in [-0.1, -0.05) is 13.8 Å². The maximum absolute atomic E-state index is 4.28. The zero-order valence-corrected chi connectivity index (χ0v) is 8.86. The summed E-state index contributed by atoms with van der Waals surface area (Å²) in [6, 6.07) is 7.84. The summed E-state index contributed by atoms with van der Waals surface area (Å²) in [6.07, 6.45) is 3.56. The highest BCUT2D eigenvalue weighted by atomic mass is 14.8. The minimum atomic E-state index is 0.943. The van der Waals surface area contributed by atoms with Gasteiger partial charge in [0, 0.05) is 12.4 Å². The summed E-state index contributed by atoms with van der Waals surface area (Å²) < 4.78 is 0. The van der Waals surface area contributed by atoms with Crippen molar-refractivity contribution in [2.45, 2.75) is 13.8 Å². The van der Waals surface area contributed by atoms with Gasteiger partial charge in [-0.3, -0.25) is 9.97 Å². The lowest BCUT2D eigenvalue weighted by Crippen LogP contribution is -1.74. The Morgan fingerprint density at radius 2 is 1.33 bits per heavy atom. The van der Waals surface area contributed by atoms with Gasteiger partial charge in [0.25, 0.3) is 0 Å². The third kappa shape index (κ3) is 1.56. The van der Waals surface area contributed by atoms with Crippen LogP contribution in [0.25, 0.3) is 22.1 Å². The fourth-order valence-electron chi connectivity index (χ4n) is 1.53. The Balaban J connectivity index is 0.000000404. The van der Waals surface area contributed by atoms with Gasteiger partial charge in [-0.15, -0.1) is 0 Å². The predicted molar refractivity (Wildman–Crippen MR) is 62.7 cm³/mol. The molecule has 0 bridgehead atoms. The van der Waals surface area contributed by atoms with Crippen molar-refractivity contribution in [2.75, 3.05) is 0 Å². The van der Waals surface area contributed by atoms with Crippen LogP contribution >= 0.6 is 0 Å². The van der Waals surface area contributed by atoms with Crippen LogP contribution < -0.4 is 0 Å². The fourth-order valence-corrected chi connectivity index (χ4v) is 1.53. The summed E-state index contributed by atoms with van der Waals surface area (Å²) in [5.41, 5.74) is 3.96. The van der Waals surface area contributed by atoms with Crippen LogP contribution in [-0.4, -0.2) is 15.0 Å². The van der Waals surface area contributed by atoms with Gasteiger partial charge in [-0.05, 0) is 24.3 Å². The molecule has 0 aromatic carbocycles. The predicted octanol–water partition coefficient (Wildman–Crippen LogP) is 3.14. The topological polar surface area (TPSA) is 41.6 Å². The molecular weight excluding hydrogens is 186 g/mol.